The van der Waals surface area contributed by atoms with Crippen molar-refractivity contribution in [2.75, 3.05) is 32.1 Å². The molecule has 9 heteroatoms. The molecule has 2 rings (SSSR count). The zero-order valence-corrected chi connectivity index (χ0v) is 18.9. The van der Waals surface area contributed by atoms with Crippen molar-refractivity contribution in [3.8, 4) is 5.75 Å². The van der Waals surface area contributed by atoms with E-state index >= 15 is 0 Å². The molecule has 0 saturated carbocycles. The first-order valence-corrected chi connectivity index (χ1v) is 9.31. The van der Waals surface area contributed by atoms with Crippen molar-refractivity contribution < 1.29 is 9.53 Å². The number of benzene rings is 1. The molecule has 0 spiro atoms. The fourth-order valence-electron chi connectivity index (χ4n) is 2.26. The summed E-state index contributed by atoms with van der Waals surface area (Å²) in [7, 11) is 1.74. The van der Waals surface area contributed by atoms with Gasteiger partial charge in [-0.1, -0.05) is 6.07 Å². The number of thiazole rings is 1. The number of nitrogens with zero attached hydrogens (tertiary/aromatic N) is 2. The molecule has 0 atom stereocenters. The Hall–Kier alpha value is -1.88. The summed E-state index contributed by atoms with van der Waals surface area (Å²) in [5.41, 5.74) is 1.82. The largest absolute Gasteiger partial charge is 0.492 e. The molecular weight excluding hydrogens is 477 g/mol. The van der Waals surface area contributed by atoms with Crippen LogP contribution in [0.4, 0.5) is 5.69 Å². The van der Waals surface area contributed by atoms with Crippen molar-refractivity contribution in [2.24, 2.45) is 4.99 Å². The second-order valence-electron chi connectivity index (χ2n) is 5.59. The number of aromatic nitrogens is 1. The predicted octanol–water partition coefficient (Wildman–Crippen LogP) is 2.81. The molecular formula is C18H26IN5O2S. The molecule has 0 saturated heterocycles. The van der Waals surface area contributed by atoms with E-state index in [9.17, 15) is 4.79 Å². The van der Waals surface area contributed by atoms with Crippen LogP contribution < -0.4 is 20.7 Å². The topological polar surface area (TPSA) is 87.6 Å². The second kappa shape index (κ2) is 12.5. The number of ether oxygens (including phenoxy) is 1. The average molecular weight is 503 g/mol. The van der Waals surface area contributed by atoms with Gasteiger partial charge in [0.2, 0.25) is 5.91 Å². The lowest BCUT2D eigenvalue weighted by atomic mass is 10.3. The van der Waals surface area contributed by atoms with Gasteiger partial charge in [0.1, 0.15) is 12.4 Å². The number of halogens is 1. The summed E-state index contributed by atoms with van der Waals surface area (Å²) in [6.07, 6.45) is 0.859. The van der Waals surface area contributed by atoms with Crippen LogP contribution in [-0.4, -0.2) is 43.6 Å². The molecule has 0 fully saturated rings. The summed E-state index contributed by atoms with van der Waals surface area (Å²) in [5.74, 6) is 1.33. The van der Waals surface area contributed by atoms with Gasteiger partial charge in [0, 0.05) is 44.1 Å². The number of aliphatic imine (C=N–C) groups is 1. The first-order valence-electron chi connectivity index (χ1n) is 8.43. The first-order chi connectivity index (χ1) is 12.6. The highest BCUT2D eigenvalue weighted by molar-refractivity contribution is 14.0. The fraction of sp³-hybridized carbons (Fsp3) is 0.389. The summed E-state index contributed by atoms with van der Waals surface area (Å²) in [5, 5.41) is 12.4. The van der Waals surface area contributed by atoms with Crippen LogP contribution in [0.25, 0.3) is 0 Å². The standard InChI is InChI=1S/C18H25N5O2S.HI/c1-13(24)22-15-5-4-6-17(11-15)25-10-9-21-18(19-3)20-8-7-16-12-26-14(2)23-16;/h4-6,11-12H,7-10H2,1-3H3,(H,22,24)(H2,19,20,21);1H. The lowest BCUT2D eigenvalue weighted by Crippen LogP contribution is -2.40. The van der Waals surface area contributed by atoms with E-state index in [-0.39, 0.29) is 29.9 Å². The minimum absolute atomic E-state index is 0. The van der Waals surface area contributed by atoms with Crippen molar-refractivity contribution in [1.82, 2.24) is 15.6 Å². The Labute approximate surface area is 181 Å². The number of nitrogens with one attached hydrogen (secondary N) is 3. The van der Waals surface area contributed by atoms with Crippen molar-refractivity contribution in [3.05, 3.63) is 40.3 Å². The van der Waals surface area contributed by atoms with Gasteiger partial charge in [-0.15, -0.1) is 35.3 Å². The number of anilines is 1. The predicted molar refractivity (Wildman–Crippen MR) is 122 cm³/mol. The molecule has 0 bridgehead atoms. The van der Waals surface area contributed by atoms with Gasteiger partial charge in [-0.25, -0.2) is 4.98 Å². The Balaban J connectivity index is 0.00000364. The van der Waals surface area contributed by atoms with Crippen molar-refractivity contribution in [2.45, 2.75) is 20.3 Å². The maximum absolute atomic E-state index is 11.1. The van der Waals surface area contributed by atoms with Gasteiger partial charge in [0.05, 0.1) is 17.2 Å². The fourth-order valence-corrected chi connectivity index (χ4v) is 2.90. The van der Waals surface area contributed by atoms with Crippen LogP contribution in [0.3, 0.4) is 0 Å². The van der Waals surface area contributed by atoms with Gasteiger partial charge in [0.25, 0.3) is 0 Å². The SMILES string of the molecule is CN=C(NCCOc1cccc(NC(C)=O)c1)NCCc1csc(C)n1.I. The van der Waals surface area contributed by atoms with Crippen LogP contribution in [0.5, 0.6) is 5.75 Å². The van der Waals surface area contributed by atoms with Gasteiger partial charge in [-0.2, -0.15) is 0 Å². The van der Waals surface area contributed by atoms with Gasteiger partial charge < -0.3 is 20.7 Å². The van der Waals surface area contributed by atoms with Crippen LogP contribution in [0.2, 0.25) is 0 Å². The van der Waals surface area contributed by atoms with Crippen LogP contribution in [-0.2, 0) is 11.2 Å². The molecule has 0 aliphatic rings. The highest BCUT2D eigenvalue weighted by Crippen LogP contribution is 2.17. The molecule has 148 valence electrons. The zero-order chi connectivity index (χ0) is 18.8. The van der Waals surface area contributed by atoms with Crippen LogP contribution in [0, 0.1) is 6.92 Å². The third-order valence-electron chi connectivity index (χ3n) is 3.38. The highest BCUT2D eigenvalue weighted by atomic mass is 127. The molecule has 0 aliphatic carbocycles. The minimum Gasteiger partial charge on any atom is -0.492 e. The number of amides is 1. The lowest BCUT2D eigenvalue weighted by molar-refractivity contribution is -0.114. The first kappa shape index (κ1) is 23.2. The zero-order valence-electron chi connectivity index (χ0n) is 15.7. The Bertz CT molecular complexity index is 751. The van der Waals surface area contributed by atoms with E-state index in [4.69, 9.17) is 4.74 Å². The Morgan fingerprint density at radius 3 is 2.74 bits per heavy atom. The Morgan fingerprint density at radius 2 is 2.07 bits per heavy atom. The Morgan fingerprint density at radius 1 is 1.30 bits per heavy atom. The van der Waals surface area contributed by atoms with Gasteiger partial charge in [-0.05, 0) is 19.1 Å². The molecule has 1 aromatic carbocycles. The number of carbonyl (C=O) groups excluding carboxylic acids is 1. The third-order valence-corrected chi connectivity index (χ3v) is 4.20. The number of guanidine groups is 1. The monoisotopic (exact) mass is 503 g/mol. The molecule has 3 N–H and O–H groups in total. The lowest BCUT2D eigenvalue weighted by Gasteiger charge is -2.12. The summed E-state index contributed by atoms with van der Waals surface area (Å²) in [4.78, 5) is 19.7. The summed E-state index contributed by atoms with van der Waals surface area (Å²) < 4.78 is 5.69. The van der Waals surface area contributed by atoms with E-state index in [0.29, 0.717) is 18.9 Å². The van der Waals surface area contributed by atoms with Gasteiger partial charge in [0.15, 0.2) is 5.96 Å². The van der Waals surface area contributed by atoms with Crippen LogP contribution in [0.15, 0.2) is 34.6 Å². The summed E-state index contributed by atoms with van der Waals surface area (Å²) >= 11 is 1.66. The quantitative estimate of drug-likeness (QED) is 0.223. The summed E-state index contributed by atoms with van der Waals surface area (Å²) in [6.45, 7) is 5.34. The van der Waals surface area contributed by atoms with Crippen molar-refractivity contribution in [3.63, 3.8) is 0 Å². The number of hydrogen-bond donors (Lipinski definition) is 3. The second-order valence-corrected chi connectivity index (χ2v) is 6.65. The van der Waals surface area contributed by atoms with E-state index in [1.54, 1.807) is 24.5 Å². The smallest absolute Gasteiger partial charge is 0.221 e. The van der Waals surface area contributed by atoms with Crippen LogP contribution in [0.1, 0.15) is 17.6 Å². The van der Waals surface area contributed by atoms with E-state index < -0.39 is 0 Å². The molecule has 0 radical (unpaired) electrons. The molecule has 0 aliphatic heterocycles. The van der Waals surface area contributed by atoms with Gasteiger partial charge >= 0.3 is 0 Å². The third kappa shape index (κ3) is 9.05. The van der Waals surface area contributed by atoms with E-state index in [0.717, 1.165) is 35.3 Å². The highest BCUT2D eigenvalue weighted by Gasteiger charge is 2.02. The van der Waals surface area contributed by atoms with E-state index in [1.807, 2.05) is 25.1 Å². The number of aryl methyl sites for hydroxylation is 1. The number of hydrogen-bond acceptors (Lipinski definition) is 5. The molecule has 7 nitrogen and oxygen atoms in total. The number of rotatable bonds is 8. The molecule has 1 aromatic heterocycles. The summed E-state index contributed by atoms with van der Waals surface area (Å²) in [6, 6.07) is 7.31. The molecule has 2 aromatic rings. The van der Waals surface area contributed by atoms with Gasteiger partial charge in [-0.3, -0.25) is 9.79 Å². The number of carbonyl (C=O) groups is 1. The maximum atomic E-state index is 11.1. The molecule has 1 heterocycles. The minimum atomic E-state index is -0.105. The molecule has 27 heavy (non-hydrogen) atoms. The normalized spacial score (nSPS) is 10.7. The van der Waals surface area contributed by atoms with Crippen LogP contribution >= 0.6 is 35.3 Å². The average Bonchev–Trinajstić information content (AvgIpc) is 3.02. The van der Waals surface area contributed by atoms with Crippen molar-refractivity contribution >= 4 is 52.9 Å². The molecule has 0 unspecified atom stereocenters. The van der Waals surface area contributed by atoms with Crippen molar-refractivity contribution in [1.29, 1.82) is 0 Å². The van der Waals surface area contributed by atoms with E-state index in [2.05, 4.69) is 31.3 Å². The maximum Gasteiger partial charge on any atom is 0.221 e. The Kier molecular flexibility index (Phi) is 10.7. The van der Waals surface area contributed by atoms with E-state index in [1.165, 1.54) is 6.92 Å². The molecule has 1 amide bonds.